The molecule has 138 valence electrons. The molecule has 0 aliphatic rings. The van der Waals surface area contributed by atoms with Gasteiger partial charge in [-0.05, 0) is 47.9 Å². The first-order valence-electron chi connectivity index (χ1n) is 7.97. The fourth-order valence-corrected chi connectivity index (χ4v) is 2.65. The van der Waals surface area contributed by atoms with E-state index in [2.05, 4.69) is 5.32 Å². The molecule has 1 unspecified atom stereocenters. The van der Waals surface area contributed by atoms with Gasteiger partial charge in [0.1, 0.15) is 16.6 Å². The average molecular weight is 372 g/mol. The van der Waals surface area contributed by atoms with E-state index in [1.807, 2.05) is 0 Å². The lowest BCUT2D eigenvalue weighted by Gasteiger charge is -2.19. The van der Waals surface area contributed by atoms with E-state index >= 15 is 0 Å². The van der Waals surface area contributed by atoms with Crippen molar-refractivity contribution >= 4 is 11.8 Å². The van der Waals surface area contributed by atoms with Gasteiger partial charge >= 0.3 is 5.88 Å². The second-order valence-electron chi connectivity index (χ2n) is 5.81. The van der Waals surface area contributed by atoms with Crippen LogP contribution in [-0.2, 0) is 6.42 Å². The van der Waals surface area contributed by atoms with Crippen LogP contribution in [0.25, 0.3) is 0 Å². The van der Waals surface area contributed by atoms with E-state index in [4.69, 9.17) is 4.42 Å². The van der Waals surface area contributed by atoms with Gasteiger partial charge in [0.05, 0.1) is 12.1 Å². The molecule has 0 bridgehead atoms. The van der Waals surface area contributed by atoms with E-state index < -0.39 is 34.4 Å². The number of furan rings is 1. The van der Waals surface area contributed by atoms with Crippen molar-refractivity contribution in [3.05, 3.63) is 99.3 Å². The summed E-state index contributed by atoms with van der Waals surface area (Å²) in [7, 11) is 0. The van der Waals surface area contributed by atoms with E-state index in [0.29, 0.717) is 11.1 Å². The Labute approximate surface area is 152 Å². The highest BCUT2D eigenvalue weighted by Gasteiger charge is 2.22. The van der Waals surface area contributed by atoms with Crippen molar-refractivity contribution in [3.8, 4) is 0 Å². The number of hydrogen-bond acceptors (Lipinski definition) is 4. The number of carbonyl (C=O) groups is 1. The third kappa shape index (κ3) is 4.55. The normalized spacial score (nSPS) is 11.8. The minimum Gasteiger partial charge on any atom is -0.395 e. The lowest BCUT2D eigenvalue weighted by molar-refractivity contribution is -0.402. The van der Waals surface area contributed by atoms with Gasteiger partial charge in [-0.3, -0.25) is 14.9 Å². The minimum atomic E-state index is -0.756. The summed E-state index contributed by atoms with van der Waals surface area (Å²) in [6, 6.07) is 13.0. The zero-order valence-corrected chi connectivity index (χ0v) is 13.9. The topological polar surface area (TPSA) is 85.4 Å². The molecule has 6 nitrogen and oxygen atoms in total. The third-order valence-electron chi connectivity index (χ3n) is 3.88. The first-order valence-corrected chi connectivity index (χ1v) is 7.97. The number of carbonyl (C=O) groups excluding carboxylic acids is 1. The van der Waals surface area contributed by atoms with E-state index in [9.17, 15) is 23.7 Å². The summed E-state index contributed by atoms with van der Waals surface area (Å²) >= 11 is 0. The molecule has 1 atom stereocenters. The van der Waals surface area contributed by atoms with Crippen molar-refractivity contribution in [2.75, 3.05) is 0 Å². The fourth-order valence-electron chi connectivity index (χ4n) is 2.65. The molecule has 3 rings (SSSR count). The summed E-state index contributed by atoms with van der Waals surface area (Å²) in [6.07, 6.45) is 0.190. The predicted octanol–water partition coefficient (Wildman–Crippen LogP) is 4.18. The van der Waals surface area contributed by atoms with Crippen LogP contribution in [0.5, 0.6) is 0 Å². The number of hydrogen-bond donors (Lipinski definition) is 1. The van der Waals surface area contributed by atoms with Gasteiger partial charge < -0.3 is 9.73 Å². The summed E-state index contributed by atoms with van der Waals surface area (Å²) in [4.78, 5) is 22.3. The molecule has 0 aliphatic carbocycles. The van der Waals surface area contributed by atoms with E-state index in [0.717, 1.165) is 6.07 Å². The maximum atomic E-state index is 13.6. The first-order chi connectivity index (χ1) is 12.9. The molecule has 3 aromatic rings. The zero-order chi connectivity index (χ0) is 19.4. The maximum absolute atomic E-state index is 13.6. The second kappa shape index (κ2) is 7.77. The van der Waals surface area contributed by atoms with Gasteiger partial charge in [0.15, 0.2) is 5.76 Å². The smallest absolute Gasteiger partial charge is 0.395 e. The Morgan fingerprint density at radius 1 is 1.07 bits per heavy atom. The van der Waals surface area contributed by atoms with E-state index in [-0.39, 0.29) is 12.2 Å². The molecule has 27 heavy (non-hydrogen) atoms. The highest BCUT2D eigenvalue weighted by molar-refractivity contribution is 5.92. The first kappa shape index (κ1) is 18.2. The molecular formula is C19H14F2N2O4. The van der Waals surface area contributed by atoms with Crippen molar-refractivity contribution in [2.45, 2.75) is 12.5 Å². The Kier molecular flexibility index (Phi) is 5.25. The summed E-state index contributed by atoms with van der Waals surface area (Å²) in [5.41, 5.74) is 1.06. The average Bonchev–Trinajstić information content (AvgIpc) is 3.12. The summed E-state index contributed by atoms with van der Waals surface area (Å²) in [6.45, 7) is 0. The molecule has 0 saturated heterocycles. The van der Waals surface area contributed by atoms with Crippen LogP contribution < -0.4 is 5.32 Å². The highest BCUT2D eigenvalue weighted by atomic mass is 19.1. The minimum absolute atomic E-state index is 0.190. The number of halogens is 2. The Morgan fingerprint density at radius 3 is 2.41 bits per heavy atom. The number of benzene rings is 2. The van der Waals surface area contributed by atoms with E-state index in [1.54, 1.807) is 12.1 Å². The van der Waals surface area contributed by atoms with Gasteiger partial charge in [-0.2, -0.15) is 0 Å². The van der Waals surface area contributed by atoms with Crippen molar-refractivity contribution in [1.82, 2.24) is 5.32 Å². The van der Waals surface area contributed by atoms with Gasteiger partial charge in [0.25, 0.3) is 5.91 Å². The molecular weight excluding hydrogens is 358 g/mol. The van der Waals surface area contributed by atoms with Crippen LogP contribution in [0.4, 0.5) is 14.7 Å². The van der Waals surface area contributed by atoms with Crippen LogP contribution in [0.1, 0.15) is 27.7 Å². The van der Waals surface area contributed by atoms with Crippen LogP contribution in [-0.4, -0.2) is 10.8 Å². The molecule has 1 heterocycles. The number of nitro groups is 1. The summed E-state index contributed by atoms with van der Waals surface area (Å²) < 4.78 is 32.0. The molecule has 8 heteroatoms. The lowest BCUT2D eigenvalue weighted by Crippen LogP contribution is -2.29. The Bertz CT molecular complexity index is 987. The van der Waals surface area contributed by atoms with Crippen molar-refractivity contribution in [3.63, 3.8) is 0 Å². The van der Waals surface area contributed by atoms with Gasteiger partial charge in [0.2, 0.25) is 0 Å². The van der Waals surface area contributed by atoms with Crippen LogP contribution in [0.2, 0.25) is 0 Å². The summed E-state index contributed by atoms with van der Waals surface area (Å²) in [5, 5.41) is 13.3. The fraction of sp³-hybridized carbons (Fsp3) is 0.105. The standard InChI is InChI=1S/C19H14F2N2O4/c20-14-5-1-3-12(9-14)10-16(13-4-2-6-15(21)11-13)22-19(24)17-7-8-18(27-17)23(25)26/h1-9,11,16H,10H2,(H,22,24). The molecule has 0 spiro atoms. The molecule has 0 aliphatic heterocycles. The van der Waals surface area contributed by atoms with Crippen molar-refractivity contribution in [1.29, 1.82) is 0 Å². The van der Waals surface area contributed by atoms with Crippen molar-refractivity contribution < 1.29 is 22.9 Å². The quantitative estimate of drug-likeness (QED) is 0.520. The molecule has 0 fully saturated rings. The Balaban J connectivity index is 1.86. The number of rotatable bonds is 6. The molecule has 0 radical (unpaired) electrons. The second-order valence-corrected chi connectivity index (χ2v) is 5.81. The number of nitrogens with zero attached hydrogens (tertiary/aromatic N) is 1. The van der Waals surface area contributed by atoms with Gasteiger partial charge in [0, 0.05) is 0 Å². The SMILES string of the molecule is O=C(NC(Cc1cccc(F)c1)c1cccc(F)c1)c1ccc([N+](=O)[O-])o1. The molecule has 1 N–H and O–H groups in total. The molecule has 0 saturated carbocycles. The van der Waals surface area contributed by atoms with Crippen LogP contribution >= 0.6 is 0 Å². The van der Waals surface area contributed by atoms with Crippen LogP contribution in [0.3, 0.4) is 0 Å². The Hall–Kier alpha value is -3.55. The Morgan fingerprint density at radius 2 is 1.78 bits per heavy atom. The summed E-state index contributed by atoms with van der Waals surface area (Å²) in [5.74, 6) is -2.43. The van der Waals surface area contributed by atoms with Crippen LogP contribution in [0.15, 0.2) is 65.1 Å². The number of amides is 1. The zero-order valence-electron chi connectivity index (χ0n) is 13.9. The van der Waals surface area contributed by atoms with Crippen LogP contribution in [0, 0.1) is 21.7 Å². The molecule has 2 aromatic carbocycles. The maximum Gasteiger partial charge on any atom is 0.433 e. The predicted molar refractivity (Wildman–Crippen MR) is 92.1 cm³/mol. The third-order valence-corrected chi connectivity index (χ3v) is 3.88. The monoisotopic (exact) mass is 372 g/mol. The molecule has 1 aromatic heterocycles. The van der Waals surface area contributed by atoms with Crippen molar-refractivity contribution in [2.24, 2.45) is 0 Å². The van der Waals surface area contributed by atoms with Gasteiger partial charge in [-0.15, -0.1) is 0 Å². The highest BCUT2D eigenvalue weighted by Crippen LogP contribution is 2.22. The largest absolute Gasteiger partial charge is 0.433 e. The number of nitrogens with one attached hydrogen (secondary N) is 1. The molecule has 1 amide bonds. The van der Waals surface area contributed by atoms with Gasteiger partial charge in [-0.25, -0.2) is 8.78 Å². The van der Waals surface area contributed by atoms with Gasteiger partial charge in [-0.1, -0.05) is 24.3 Å². The van der Waals surface area contributed by atoms with E-state index in [1.165, 1.54) is 42.5 Å². The lowest BCUT2D eigenvalue weighted by atomic mass is 9.98.